The van der Waals surface area contributed by atoms with E-state index in [2.05, 4.69) is 32.3 Å². The van der Waals surface area contributed by atoms with Gasteiger partial charge in [-0.15, -0.1) is 11.8 Å². The number of carbonyl (C=O) groups excluding carboxylic acids is 1. The van der Waals surface area contributed by atoms with Crippen molar-refractivity contribution in [3.05, 3.63) is 47.8 Å². The average molecular weight is 401 g/mol. The van der Waals surface area contributed by atoms with Crippen molar-refractivity contribution < 1.29 is 9.53 Å². The van der Waals surface area contributed by atoms with E-state index in [1.54, 1.807) is 11.8 Å². The molecule has 1 aromatic heterocycles. The molecule has 1 aliphatic heterocycles. The van der Waals surface area contributed by atoms with Crippen molar-refractivity contribution in [1.29, 1.82) is 0 Å². The van der Waals surface area contributed by atoms with E-state index in [9.17, 15) is 4.79 Å². The number of rotatable bonds is 9. The molecule has 0 bridgehead atoms. The molecule has 0 unspecified atom stereocenters. The summed E-state index contributed by atoms with van der Waals surface area (Å²) < 4.78 is 5.74. The Hall–Kier alpha value is -2.28. The first kappa shape index (κ1) is 20.5. The van der Waals surface area contributed by atoms with Gasteiger partial charge in [0.25, 0.3) is 0 Å². The first-order valence-corrected chi connectivity index (χ1v) is 11.0. The molecule has 6 nitrogen and oxygen atoms in total. The summed E-state index contributed by atoms with van der Waals surface area (Å²) in [7, 11) is 0. The van der Waals surface area contributed by atoms with E-state index in [4.69, 9.17) is 4.74 Å². The number of piperidine rings is 1. The van der Waals surface area contributed by atoms with Gasteiger partial charge in [0.1, 0.15) is 18.2 Å². The molecule has 1 saturated heterocycles. The highest BCUT2D eigenvalue weighted by Gasteiger charge is 2.14. The smallest absolute Gasteiger partial charge is 0.230 e. The van der Waals surface area contributed by atoms with Gasteiger partial charge in [-0.2, -0.15) is 4.98 Å². The molecule has 1 aromatic carbocycles. The number of benzene rings is 1. The van der Waals surface area contributed by atoms with Crippen LogP contribution in [-0.4, -0.2) is 47.9 Å². The van der Waals surface area contributed by atoms with E-state index >= 15 is 0 Å². The minimum absolute atomic E-state index is 0.0254. The molecule has 2 heterocycles. The summed E-state index contributed by atoms with van der Waals surface area (Å²) in [6.07, 6.45) is 3.69. The first-order chi connectivity index (χ1) is 13.7. The molecule has 3 rings (SSSR count). The number of thioether (sulfide) groups is 1. The van der Waals surface area contributed by atoms with E-state index in [1.165, 1.54) is 24.8 Å². The largest absolute Gasteiger partial charge is 0.476 e. The van der Waals surface area contributed by atoms with Crippen LogP contribution in [0.5, 0.6) is 5.88 Å². The summed E-state index contributed by atoms with van der Waals surface area (Å²) in [6, 6.07) is 12.1. The number of amides is 1. The quantitative estimate of drug-likeness (QED) is 0.652. The van der Waals surface area contributed by atoms with Gasteiger partial charge in [0, 0.05) is 24.9 Å². The zero-order valence-electron chi connectivity index (χ0n) is 16.4. The fourth-order valence-electron chi connectivity index (χ4n) is 3.12. The Morgan fingerprint density at radius 1 is 1.18 bits per heavy atom. The SMILES string of the molecule is Cc1nc(OCCNC(=O)CSCc2ccccc2)cc(N2CCCCC2)n1. The van der Waals surface area contributed by atoms with Crippen molar-refractivity contribution in [2.45, 2.75) is 31.9 Å². The highest BCUT2D eigenvalue weighted by atomic mass is 32.2. The second-order valence-corrected chi connectivity index (χ2v) is 7.82. The Bertz CT molecular complexity index is 751. The molecule has 0 spiro atoms. The van der Waals surface area contributed by atoms with Crippen molar-refractivity contribution in [3.8, 4) is 5.88 Å². The number of ether oxygens (including phenoxy) is 1. The summed E-state index contributed by atoms with van der Waals surface area (Å²) in [5, 5.41) is 2.89. The fraction of sp³-hybridized carbons (Fsp3) is 0.476. The van der Waals surface area contributed by atoms with E-state index in [0.29, 0.717) is 30.6 Å². The predicted molar refractivity (Wildman–Crippen MR) is 114 cm³/mol. The third-order valence-electron chi connectivity index (χ3n) is 4.50. The molecule has 0 atom stereocenters. The van der Waals surface area contributed by atoms with Crippen molar-refractivity contribution in [3.63, 3.8) is 0 Å². The molecule has 7 heteroatoms. The van der Waals surface area contributed by atoms with Gasteiger partial charge in [-0.05, 0) is 31.7 Å². The summed E-state index contributed by atoms with van der Waals surface area (Å²) in [4.78, 5) is 23.1. The van der Waals surface area contributed by atoms with Crippen LogP contribution in [0.25, 0.3) is 0 Å². The second kappa shape index (κ2) is 10.9. The van der Waals surface area contributed by atoms with Crippen LogP contribution < -0.4 is 15.0 Å². The van der Waals surface area contributed by atoms with E-state index in [-0.39, 0.29) is 5.91 Å². The van der Waals surface area contributed by atoms with Gasteiger partial charge in [0.15, 0.2) is 0 Å². The van der Waals surface area contributed by atoms with E-state index < -0.39 is 0 Å². The normalized spacial score (nSPS) is 14.0. The van der Waals surface area contributed by atoms with Crippen LogP contribution in [-0.2, 0) is 10.5 Å². The minimum Gasteiger partial charge on any atom is -0.476 e. The molecular formula is C21H28N4O2S. The number of hydrogen-bond acceptors (Lipinski definition) is 6. The van der Waals surface area contributed by atoms with Crippen LogP contribution in [0.3, 0.4) is 0 Å². The molecular weight excluding hydrogens is 372 g/mol. The zero-order chi connectivity index (χ0) is 19.6. The zero-order valence-corrected chi connectivity index (χ0v) is 17.2. The lowest BCUT2D eigenvalue weighted by Crippen LogP contribution is -2.31. The number of anilines is 1. The molecule has 0 aliphatic carbocycles. The Labute approximate surface area is 171 Å². The Morgan fingerprint density at radius 3 is 2.75 bits per heavy atom. The number of aromatic nitrogens is 2. The average Bonchev–Trinajstić information content (AvgIpc) is 2.72. The highest BCUT2D eigenvalue weighted by Crippen LogP contribution is 2.21. The van der Waals surface area contributed by atoms with Crippen LogP contribution in [0.2, 0.25) is 0 Å². The summed E-state index contributed by atoms with van der Waals surface area (Å²) in [5.41, 5.74) is 1.23. The van der Waals surface area contributed by atoms with Crippen LogP contribution >= 0.6 is 11.8 Å². The van der Waals surface area contributed by atoms with Gasteiger partial charge in [-0.25, -0.2) is 4.98 Å². The van der Waals surface area contributed by atoms with Crippen LogP contribution in [0.15, 0.2) is 36.4 Å². The van der Waals surface area contributed by atoms with Gasteiger partial charge in [0.05, 0.1) is 12.3 Å². The third kappa shape index (κ3) is 6.71. The fourth-order valence-corrected chi connectivity index (χ4v) is 3.93. The molecule has 1 fully saturated rings. The molecule has 0 radical (unpaired) electrons. The summed E-state index contributed by atoms with van der Waals surface area (Å²) in [5.74, 6) is 3.52. The lowest BCUT2D eigenvalue weighted by molar-refractivity contribution is -0.118. The molecule has 0 saturated carbocycles. The summed E-state index contributed by atoms with van der Waals surface area (Å²) in [6.45, 7) is 4.81. The molecule has 150 valence electrons. The van der Waals surface area contributed by atoms with Crippen molar-refractivity contribution in [2.75, 3.05) is 36.9 Å². The Balaban J connectivity index is 1.36. The van der Waals surface area contributed by atoms with Crippen molar-refractivity contribution >= 4 is 23.5 Å². The van der Waals surface area contributed by atoms with Crippen LogP contribution in [0.1, 0.15) is 30.7 Å². The van der Waals surface area contributed by atoms with Gasteiger partial charge < -0.3 is 15.0 Å². The first-order valence-electron chi connectivity index (χ1n) is 9.82. The topological polar surface area (TPSA) is 67.3 Å². The van der Waals surface area contributed by atoms with Gasteiger partial charge in [-0.1, -0.05) is 30.3 Å². The molecule has 28 heavy (non-hydrogen) atoms. The third-order valence-corrected chi connectivity index (χ3v) is 5.50. The van der Waals surface area contributed by atoms with Crippen molar-refractivity contribution in [2.24, 2.45) is 0 Å². The maximum Gasteiger partial charge on any atom is 0.230 e. The van der Waals surface area contributed by atoms with Gasteiger partial charge >= 0.3 is 0 Å². The lowest BCUT2D eigenvalue weighted by Gasteiger charge is -2.28. The maximum atomic E-state index is 11.9. The Kier molecular flexibility index (Phi) is 7.96. The van der Waals surface area contributed by atoms with Gasteiger partial charge in [-0.3, -0.25) is 4.79 Å². The number of nitrogens with zero attached hydrogens (tertiary/aromatic N) is 3. The second-order valence-electron chi connectivity index (χ2n) is 6.84. The minimum atomic E-state index is 0.0254. The van der Waals surface area contributed by atoms with E-state index in [0.717, 1.165) is 24.7 Å². The molecule has 1 amide bonds. The molecule has 2 aromatic rings. The number of nitrogens with one attached hydrogen (secondary N) is 1. The van der Waals surface area contributed by atoms with Gasteiger partial charge in [0.2, 0.25) is 11.8 Å². The summed E-state index contributed by atoms with van der Waals surface area (Å²) >= 11 is 1.61. The number of aryl methyl sites for hydroxylation is 1. The standard InChI is InChI=1S/C21H28N4O2S/c1-17-23-19(25-11-6-3-7-12-25)14-21(24-17)27-13-10-22-20(26)16-28-15-18-8-4-2-5-9-18/h2,4-5,8-9,14H,3,6-7,10-13,15-16H2,1H3,(H,22,26). The monoisotopic (exact) mass is 400 g/mol. The van der Waals surface area contributed by atoms with E-state index in [1.807, 2.05) is 31.2 Å². The van der Waals surface area contributed by atoms with Crippen molar-refractivity contribution in [1.82, 2.24) is 15.3 Å². The maximum absolute atomic E-state index is 11.9. The molecule has 1 N–H and O–H groups in total. The molecule has 1 aliphatic rings. The highest BCUT2D eigenvalue weighted by molar-refractivity contribution is 7.99. The van der Waals surface area contributed by atoms with Crippen LogP contribution in [0, 0.1) is 6.92 Å². The Morgan fingerprint density at radius 2 is 1.96 bits per heavy atom. The lowest BCUT2D eigenvalue weighted by atomic mass is 10.1. The number of hydrogen-bond donors (Lipinski definition) is 1. The predicted octanol–water partition coefficient (Wildman–Crippen LogP) is 3.20. The number of carbonyl (C=O) groups is 1. The van der Waals surface area contributed by atoms with Crippen LogP contribution in [0.4, 0.5) is 5.82 Å².